The maximum absolute atomic E-state index is 10.7. The molecule has 78 valence electrons. The smallest absolute Gasteiger partial charge is 0.503 e. The van der Waals surface area contributed by atoms with E-state index in [9.17, 15) is 4.79 Å². The van der Waals surface area contributed by atoms with Crippen LogP contribution < -0.4 is 5.56 Å². The van der Waals surface area contributed by atoms with Crippen LogP contribution in [-0.4, -0.2) is 31.3 Å². The van der Waals surface area contributed by atoms with Crippen molar-refractivity contribution in [3.63, 3.8) is 0 Å². The molecule has 0 radical (unpaired) electrons. The molecule has 7 heteroatoms. The summed E-state index contributed by atoms with van der Waals surface area (Å²) in [4.78, 5) is 19.3. The minimum absolute atomic E-state index is 0.0527. The van der Waals surface area contributed by atoms with Crippen LogP contribution in [0.3, 0.4) is 0 Å². The molecule has 1 aromatic heterocycles. The number of nitrogens with zero attached hydrogens (tertiary/aromatic N) is 2. The van der Waals surface area contributed by atoms with Crippen molar-refractivity contribution in [1.29, 1.82) is 0 Å². The second-order valence-electron chi connectivity index (χ2n) is 2.36. The normalized spacial score (nSPS) is 8.71. The summed E-state index contributed by atoms with van der Waals surface area (Å²) >= 11 is 0. The first-order valence-corrected chi connectivity index (χ1v) is 3.50. The van der Waals surface area contributed by atoms with Crippen LogP contribution in [0.25, 0.3) is 0 Å². The third-order valence-corrected chi connectivity index (χ3v) is 1.25. The van der Waals surface area contributed by atoms with E-state index in [0.29, 0.717) is 5.69 Å². The van der Waals surface area contributed by atoms with Gasteiger partial charge in [-0.25, -0.2) is 9.48 Å². The highest BCUT2D eigenvalue weighted by molar-refractivity contribution is 5.53. The summed E-state index contributed by atoms with van der Waals surface area (Å²) in [6.07, 6.45) is -1.83. The summed E-state index contributed by atoms with van der Waals surface area (Å²) in [5, 5.41) is 26.6. The van der Waals surface area contributed by atoms with Crippen molar-refractivity contribution in [2.45, 2.75) is 6.92 Å². The second kappa shape index (κ2) is 4.85. The number of aryl methyl sites for hydroxylation is 2. The van der Waals surface area contributed by atoms with Crippen LogP contribution in [0.15, 0.2) is 10.9 Å². The molecule has 0 aliphatic rings. The molecule has 0 atom stereocenters. The van der Waals surface area contributed by atoms with Crippen molar-refractivity contribution in [2.24, 2.45) is 7.05 Å². The molecule has 1 heterocycles. The summed E-state index contributed by atoms with van der Waals surface area (Å²) in [5.41, 5.74) is 0.158. The van der Waals surface area contributed by atoms with Gasteiger partial charge in [0.2, 0.25) is 0 Å². The predicted molar refractivity (Wildman–Crippen MR) is 46.5 cm³/mol. The third-order valence-electron chi connectivity index (χ3n) is 1.25. The van der Waals surface area contributed by atoms with Crippen molar-refractivity contribution < 1.29 is 20.1 Å². The van der Waals surface area contributed by atoms with Crippen LogP contribution in [0.4, 0.5) is 4.79 Å². The van der Waals surface area contributed by atoms with Crippen LogP contribution in [0.2, 0.25) is 0 Å². The summed E-state index contributed by atoms with van der Waals surface area (Å²) in [7, 11) is 1.54. The highest BCUT2D eigenvalue weighted by atomic mass is 16.6. The van der Waals surface area contributed by atoms with E-state index in [-0.39, 0.29) is 11.3 Å². The Balaban J connectivity index is 0.000000364. The summed E-state index contributed by atoms with van der Waals surface area (Å²) in [6.45, 7) is 1.63. The van der Waals surface area contributed by atoms with Gasteiger partial charge in [0, 0.05) is 13.1 Å². The molecular weight excluding hydrogens is 192 g/mol. The van der Waals surface area contributed by atoms with Gasteiger partial charge in [0.05, 0.1) is 5.69 Å². The van der Waals surface area contributed by atoms with Gasteiger partial charge in [0.1, 0.15) is 5.75 Å². The molecule has 0 spiro atoms. The van der Waals surface area contributed by atoms with Crippen LogP contribution in [-0.2, 0) is 7.05 Å². The lowest BCUT2D eigenvalue weighted by Crippen LogP contribution is -2.18. The van der Waals surface area contributed by atoms with Gasteiger partial charge in [-0.15, -0.1) is 0 Å². The summed E-state index contributed by atoms with van der Waals surface area (Å²) < 4.78 is 1.18. The average molecular weight is 202 g/mol. The fourth-order valence-corrected chi connectivity index (χ4v) is 0.640. The van der Waals surface area contributed by atoms with Gasteiger partial charge in [0.15, 0.2) is 0 Å². The Morgan fingerprint density at radius 1 is 1.50 bits per heavy atom. The predicted octanol–water partition coefficient (Wildman–Crippen LogP) is 0.0167. The van der Waals surface area contributed by atoms with Crippen molar-refractivity contribution in [1.82, 2.24) is 9.78 Å². The van der Waals surface area contributed by atoms with Crippen molar-refractivity contribution in [3.05, 3.63) is 22.1 Å². The maximum atomic E-state index is 10.7. The molecule has 1 aromatic rings. The van der Waals surface area contributed by atoms with Gasteiger partial charge in [-0.3, -0.25) is 4.79 Å². The molecule has 0 aromatic carbocycles. The number of hydrogen-bond acceptors (Lipinski definition) is 4. The molecule has 14 heavy (non-hydrogen) atoms. The van der Waals surface area contributed by atoms with E-state index in [2.05, 4.69) is 5.10 Å². The lowest BCUT2D eigenvalue weighted by molar-refractivity contribution is 0.137. The molecule has 0 saturated heterocycles. The second-order valence-corrected chi connectivity index (χ2v) is 2.36. The Kier molecular flexibility index (Phi) is 4.14. The number of carbonyl (C=O) groups is 1. The Hall–Kier alpha value is -2.05. The fraction of sp³-hybridized carbons (Fsp3) is 0.286. The van der Waals surface area contributed by atoms with E-state index < -0.39 is 6.16 Å². The van der Waals surface area contributed by atoms with E-state index in [0.717, 1.165) is 6.07 Å². The quantitative estimate of drug-likeness (QED) is 0.546. The maximum Gasteiger partial charge on any atom is 0.503 e. The van der Waals surface area contributed by atoms with Gasteiger partial charge in [-0.2, -0.15) is 5.10 Å². The standard InChI is InChI=1S/C6H8N2O2.CH2O3/c1-4-5(9)3-6(10)8(2)7-4;2-1(3)4/h3,9H,1-2H3;(H2,2,3,4). The van der Waals surface area contributed by atoms with E-state index >= 15 is 0 Å². The van der Waals surface area contributed by atoms with Gasteiger partial charge in [-0.1, -0.05) is 0 Å². The third kappa shape index (κ3) is 4.10. The molecule has 0 aliphatic carbocycles. The minimum Gasteiger partial charge on any atom is -0.506 e. The van der Waals surface area contributed by atoms with E-state index in [1.807, 2.05) is 0 Å². The highest BCUT2D eigenvalue weighted by Crippen LogP contribution is 2.06. The van der Waals surface area contributed by atoms with Crippen molar-refractivity contribution in [2.75, 3.05) is 0 Å². The van der Waals surface area contributed by atoms with Gasteiger partial charge < -0.3 is 15.3 Å². The molecule has 0 unspecified atom stereocenters. The lowest BCUT2D eigenvalue weighted by Gasteiger charge is -1.98. The zero-order valence-electron chi connectivity index (χ0n) is 7.63. The van der Waals surface area contributed by atoms with Crippen LogP contribution in [0, 0.1) is 6.92 Å². The zero-order chi connectivity index (χ0) is 11.3. The Morgan fingerprint density at radius 2 is 1.93 bits per heavy atom. The number of hydrogen-bond donors (Lipinski definition) is 3. The molecule has 0 aliphatic heterocycles. The van der Waals surface area contributed by atoms with Crippen molar-refractivity contribution >= 4 is 6.16 Å². The molecule has 1 rings (SSSR count). The van der Waals surface area contributed by atoms with E-state index in [1.54, 1.807) is 6.92 Å². The topological polar surface area (TPSA) is 113 Å². The first kappa shape index (κ1) is 11.9. The molecule has 7 nitrogen and oxygen atoms in total. The largest absolute Gasteiger partial charge is 0.506 e. The fourth-order valence-electron chi connectivity index (χ4n) is 0.640. The van der Waals surface area contributed by atoms with Gasteiger partial charge >= 0.3 is 6.16 Å². The molecule has 0 saturated carbocycles. The zero-order valence-corrected chi connectivity index (χ0v) is 7.63. The number of aromatic hydroxyl groups is 1. The SMILES string of the molecule is Cc1nn(C)c(=O)cc1O.O=C(O)O. The van der Waals surface area contributed by atoms with E-state index in [4.69, 9.17) is 20.1 Å². The summed E-state index contributed by atoms with van der Waals surface area (Å²) in [6, 6.07) is 1.14. The van der Waals surface area contributed by atoms with Crippen LogP contribution >= 0.6 is 0 Å². The summed E-state index contributed by atoms with van der Waals surface area (Å²) in [5.74, 6) is -0.0527. The van der Waals surface area contributed by atoms with Crippen LogP contribution in [0.5, 0.6) is 5.75 Å². The Bertz CT molecular complexity index is 380. The molecule has 0 fully saturated rings. The molecule has 3 N–H and O–H groups in total. The van der Waals surface area contributed by atoms with Crippen molar-refractivity contribution in [3.8, 4) is 5.75 Å². The highest BCUT2D eigenvalue weighted by Gasteiger charge is 1.98. The molecule has 0 amide bonds. The van der Waals surface area contributed by atoms with Gasteiger partial charge in [-0.05, 0) is 6.92 Å². The van der Waals surface area contributed by atoms with E-state index in [1.165, 1.54) is 11.7 Å². The lowest BCUT2D eigenvalue weighted by atomic mass is 10.4. The number of aromatic nitrogens is 2. The molecular formula is C7H10N2O5. The Labute approximate surface area is 78.9 Å². The minimum atomic E-state index is -1.83. The monoisotopic (exact) mass is 202 g/mol. The van der Waals surface area contributed by atoms with Crippen LogP contribution in [0.1, 0.15) is 5.69 Å². The number of carboxylic acid groups (broad SMARTS) is 2. The average Bonchev–Trinajstić information content (AvgIpc) is 2.00. The first-order chi connectivity index (χ1) is 6.34. The number of rotatable bonds is 0. The Morgan fingerprint density at radius 3 is 2.29 bits per heavy atom. The van der Waals surface area contributed by atoms with Gasteiger partial charge in [0.25, 0.3) is 5.56 Å². The molecule has 0 bridgehead atoms. The first-order valence-electron chi connectivity index (χ1n) is 3.50.